The summed E-state index contributed by atoms with van der Waals surface area (Å²) in [6, 6.07) is 8.74. The first-order valence-corrected chi connectivity index (χ1v) is 6.53. The lowest BCUT2D eigenvalue weighted by atomic mass is 9.99. The van der Waals surface area contributed by atoms with Gasteiger partial charge in [0.05, 0.1) is 12.2 Å². The lowest BCUT2D eigenvalue weighted by molar-refractivity contribution is -0.133. The number of hydrogen-bond acceptors (Lipinski definition) is 4. The molecular weight excluding hydrogens is 256 g/mol. The summed E-state index contributed by atoms with van der Waals surface area (Å²) in [5, 5.41) is 0. The molecule has 1 heterocycles. The molecule has 0 radical (unpaired) electrons. The van der Waals surface area contributed by atoms with Crippen LogP contribution in [-0.4, -0.2) is 30.1 Å². The van der Waals surface area contributed by atoms with Gasteiger partial charge in [-0.2, -0.15) is 0 Å². The second-order valence-electron chi connectivity index (χ2n) is 5.20. The van der Waals surface area contributed by atoms with Gasteiger partial charge in [-0.25, -0.2) is 0 Å². The third-order valence-electron chi connectivity index (χ3n) is 3.04. The molecule has 1 saturated heterocycles. The first-order valence-electron chi connectivity index (χ1n) is 6.53. The van der Waals surface area contributed by atoms with E-state index in [1.807, 2.05) is 6.07 Å². The van der Waals surface area contributed by atoms with Crippen LogP contribution in [0.3, 0.4) is 0 Å². The Balaban J connectivity index is 2.24. The Hall–Kier alpha value is -1.78. The van der Waals surface area contributed by atoms with Gasteiger partial charge >= 0.3 is 0 Å². The van der Waals surface area contributed by atoms with Gasteiger partial charge in [0.1, 0.15) is 6.10 Å². The third-order valence-corrected chi connectivity index (χ3v) is 3.04. The number of carbonyl (C=O) groups excluding carboxylic acids is 2. The van der Waals surface area contributed by atoms with Crippen LogP contribution in [0.2, 0.25) is 0 Å². The number of benzene rings is 1. The number of hydrogen-bond donors (Lipinski definition) is 0. The van der Waals surface area contributed by atoms with Crippen LogP contribution in [0.4, 0.5) is 0 Å². The Labute approximate surface area is 118 Å². The number of ether oxygens (including phenoxy) is 2. The fourth-order valence-corrected chi connectivity index (χ4v) is 2.08. The van der Waals surface area contributed by atoms with E-state index in [-0.39, 0.29) is 23.2 Å². The minimum absolute atomic E-state index is 0.141. The summed E-state index contributed by atoms with van der Waals surface area (Å²) in [6.07, 6.45) is 1.18. The van der Waals surface area contributed by atoms with Crippen molar-refractivity contribution in [2.24, 2.45) is 0 Å². The second kappa shape index (κ2) is 5.69. The lowest BCUT2D eigenvalue weighted by Crippen LogP contribution is -2.21. The minimum atomic E-state index is -0.682. The van der Waals surface area contributed by atoms with Crippen LogP contribution in [-0.2, 0) is 14.3 Å². The van der Waals surface area contributed by atoms with Crippen LogP contribution >= 0.6 is 0 Å². The number of allylic oxidation sites excluding steroid dienone is 1. The predicted molar refractivity (Wildman–Crippen MR) is 74.4 cm³/mol. The SMILES string of the molecule is CC(=O)/C(=C\[C@@H]1COC(C)(C)O1)C(=O)c1ccccc1. The van der Waals surface area contributed by atoms with Gasteiger partial charge in [-0.05, 0) is 26.8 Å². The standard InChI is InChI=1S/C16H18O4/c1-11(17)14(9-13-10-19-16(2,3)20-13)15(18)12-7-5-4-6-8-12/h4-9,13H,10H2,1-3H3/b14-9+/t13-/m1/s1. The lowest BCUT2D eigenvalue weighted by Gasteiger charge is -2.16. The largest absolute Gasteiger partial charge is 0.347 e. The zero-order chi connectivity index (χ0) is 14.8. The molecule has 0 amide bonds. The molecule has 0 N–H and O–H groups in total. The highest BCUT2D eigenvalue weighted by atomic mass is 16.7. The van der Waals surface area contributed by atoms with E-state index in [4.69, 9.17) is 9.47 Å². The Morgan fingerprint density at radius 3 is 2.40 bits per heavy atom. The quantitative estimate of drug-likeness (QED) is 0.366. The molecule has 0 saturated carbocycles. The molecule has 0 spiro atoms. The predicted octanol–water partition coefficient (Wildman–Crippen LogP) is 2.54. The first kappa shape index (κ1) is 14.6. The Bertz CT molecular complexity index is 543. The summed E-state index contributed by atoms with van der Waals surface area (Å²) in [7, 11) is 0. The highest BCUT2D eigenvalue weighted by Gasteiger charge is 2.32. The Morgan fingerprint density at radius 1 is 1.25 bits per heavy atom. The summed E-state index contributed by atoms with van der Waals surface area (Å²) in [4.78, 5) is 24.1. The van der Waals surface area contributed by atoms with E-state index in [1.165, 1.54) is 6.92 Å². The van der Waals surface area contributed by atoms with Crippen molar-refractivity contribution < 1.29 is 19.1 Å². The molecule has 1 aliphatic heterocycles. The molecular formula is C16H18O4. The normalized spacial score (nSPS) is 21.8. The molecule has 1 fully saturated rings. The van der Waals surface area contributed by atoms with Crippen molar-refractivity contribution in [2.45, 2.75) is 32.7 Å². The van der Waals surface area contributed by atoms with Crippen molar-refractivity contribution in [3.63, 3.8) is 0 Å². The second-order valence-corrected chi connectivity index (χ2v) is 5.20. The molecule has 20 heavy (non-hydrogen) atoms. The molecule has 1 aliphatic rings. The Morgan fingerprint density at radius 2 is 1.90 bits per heavy atom. The van der Waals surface area contributed by atoms with E-state index < -0.39 is 5.79 Å². The summed E-state index contributed by atoms with van der Waals surface area (Å²) < 4.78 is 11.0. The number of Topliss-reactive ketones (excluding diaryl/α,β-unsaturated/α-hetero) is 2. The number of carbonyl (C=O) groups is 2. The monoisotopic (exact) mass is 274 g/mol. The van der Waals surface area contributed by atoms with E-state index in [0.717, 1.165) is 0 Å². The number of rotatable bonds is 4. The molecule has 1 aromatic carbocycles. The molecule has 0 bridgehead atoms. The molecule has 0 aromatic heterocycles. The fraction of sp³-hybridized carbons (Fsp3) is 0.375. The summed E-state index contributed by atoms with van der Waals surface area (Å²) in [5.74, 6) is -1.24. The Kier molecular flexibility index (Phi) is 4.16. The molecule has 0 aliphatic carbocycles. The van der Waals surface area contributed by atoms with E-state index in [9.17, 15) is 9.59 Å². The van der Waals surface area contributed by atoms with E-state index in [2.05, 4.69) is 0 Å². The topological polar surface area (TPSA) is 52.6 Å². The van der Waals surface area contributed by atoms with Crippen molar-refractivity contribution in [3.8, 4) is 0 Å². The smallest absolute Gasteiger partial charge is 0.196 e. The van der Waals surface area contributed by atoms with Gasteiger partial charge in [0, 0.05) is 5.56 Å². The summed E-state index contributed by atoms with van der Waals surface area (Å²) in [6.45, 7) is 5.32. The molecule has 1 aromatic rings. The molecule has 2 rings (SSSR count). The van der Waals surface area contributed by atoms with Crippen molar-refractivity contribution in [2.75, 3.05) is 6.61 Å². The maximum absolute atomic E-state index is 12.3. The van der Waals surface area contributed by atoms with Gasteiger partial charge in [-0.1, -0.05) is 30.3 Å². The molecule has 4 nitrogen and oxygen atoms in total. The van der Waals surface area contributed by atoms with Gasteiger partial charge in [-0.15, -0.1) is 0 Å². The molecule has 1 atom stereocenters. The van der Waals surface area contributed by atoms with Crippen molar-refractivity contribution in [1.29, 1.82) is 0 Å². The molecule has 0 unspecified atom stereocenters. The highest BCUT2D eigenvalue weighted by molar-refractivity contribution is 6.25. The van der Waals surface area contributed by atoms with Crippen LogP contribution in [0, 0.1) is 0 Å². The van der Waals surface area contributed by atoms with Gasteiger partial charge in [-0.3, -0.25) is 9.59 Å². The van der Waals surface area contributed by atoms with Crippen LogP contribution < -0.4 is 0 Å². The van der Waals surface area contributed by atoms with Crippen molar-refractivity contribution >= 4 is 11.6 Å². The molecule has 4 heteroatoms. The minimum Gasteiger partial charge on any atom is -0.347 e. The van der Waals surface area contributed by atoms with Crippen LogP contribution in [0.5, 0.6) is 0 Å². The highest BCUT2D eigenvalue weighted by Crippen LogP contribution is 2.24. The van der Waals surface area contributed by atoms with Gasteiger partial charge in [0.2, 0.25) is 0 Å². The van der Waals surface area contributed by atoms with Crippen LogP contribution in [0.1, 0.15) is 31.1 Å². The fourth-order valence-electron chi connectivity index (χ4n) is 2.08. The maximum Gasteiger partial charge on any atom is 0.196 e. The number of ketones is 2. The van der Waals surface area contributed by atoms with E-state index >= 15 is 0 Å². The van der Waals surface area contributed by atoms with Gasteiger partial charge in [0.25, 0.3) is 0 Å². The zero-order valence-corrected chi connectivity index (χ0v) is 11.9. The van der Waals surface area contributed by atoms with E-state index in [0.29, 0.717) is 12.2 Å². The van der Waals surface area contributed by atoms with Gasteiger partial charge < -0.3 is 9.47 Å². The maximum atomic E-state index is 12.3. The van der Waals surface area contributed by atoms with Gasteiger partial charge in [0.15, 0.2) is 17.4 Å². The van der Waals surface area contributed by atoms with Crippen LogP contribution in [0.15, 0.2) is 42.0 Å². The zero-order valence-electron chi connectivity index (χ0n) is 11.9. The molecule has 106 valence electrons. The van der Waals surface area contributed by atoms with Crippen molar-refractivity contribution in [3.05, 3.63) is 47.5 Å². The third kappa shape index (κ3) is 3.40. The summed E-state index contributed by atoms with van der Waals surface area (Å²) >= 11 is 0. The van der Waals surface area contributed by atoms with E-state index in [1.54, 1.807) is 44.2 Å². The first-order chi connectivity index (χ1) is 9.39. The average molecular weight is 274 g/mol. The van der Waals surface area contributed by atoms with Crippen LogP contribution in [0.25, 0.3) is 0 Å². The average Bonchev–Trinajstić information content (AvgIpc) is 2.75. The summed E-state index contributed by atoms with van der Waals surface area (Å²) in [5.41, 5.74) is 0.634. The van der Waals surface area contributed by atoms with Crippen molar-refractivity contribution in [1.82, 2.24) is 0 Å².